The molecule has 0 atom stereocenters. The Kier molecular flexibility index (Phi) is 8.61. The standard InChI is InChI=1S/C29H32F2N4O2/c1-21(2)33-14-3-15-35(29(37)23-10-12-32-13-11-23)27-9-8-26(31)19-24(27)20-34(17-16-33)28(36)18-22-4-6-25(30)7-5-22/h4-13,19,21H,3,14-18,20H2,1-2H3. The van der Waals surface area contributed by atoms with Gasteiger partial charge in [0.2, 0.25) is 5.91 Å². The highest BCUT2D eigenvalue weighted by molar-refractivity contribution is 6.06. The van der Waals surface area contributed by atoms with Gasteiger partial charge in [-0.25, -0.2) is 8.78 Å². The first-order valence-corrected chi connectivity index (χ1v) is 12.6. The number of halogens is 2. The number of carbonyl (C=O) groups is 2. The molecule has 4 rings (SSSR count). The summed E-state index contributed by atoms with van der Waals surface area (Å²) >= 11 is 0. The second kappa shape index (κ2) is 12.1. The Morgan fingerprint density at radius 3 is 2.30 bits per heavy atom. The van der Waals surface area contributed by atoms with E-state index in [1.165, 1.54) is 24.3 Å². The quantitative estimate of drug-likeness (QED) is 0.515. The summed E-state index contributed by atoms with van der Waals surface area (Å²) < 4.78 is 27.8. The largest absolute Gasteiger partial charge is 0.337 e. The molecule has 0 saturated carbocycles. The van der Waals surface area contributed by atoms with Gasteiger partial charge in [-0.2, -0.15) is 0 Å². The molecule has 0 fully saturated rings. The number of hydrogen-bond acceptors (Lipinski definition) is 4. The molecule has 2 heterocycles. The molecule has 194 valence electrons. The summed E-state index contributed by atoms with van der Waals surface area (Å²) in [7, 11) is 0. The summed E-state index contributed by atoms with van der Waals surface area (Å²) in [6, 6.07) is 13.8. The first-order chi connectivity index (χ1) is 17.8. The summed E-state index contributed by atoms with van der Waals surface area (Å²) in [5.41, 5.74) is 2.34. The van der Waals surface area contributed by atoms with Crippen molar-refractivity contribution in [2.24, 2.45) is 0 Å². The number of rotatable bonds is 4. The maximum atomic E-state index is 14.5. The van der Waals surface area contributed by atoms with Crippen molar-refractivity contribution < 1.29 is 18.4 Å². The number of amides is 2. The predicted octanol–water partition coefficient (Wildman–Crippen LogP) is 4.69. The van der Waals surface area contributed by atoms with Crippen molar-refractivity contribution in [2.45, 2.75) is 39.3 Å². The summed E-state index contributed by atoms with van der Waals surface area (Å²) in [6.45, 7) is 6.66. The fraction of sp³-hybridized carbons (Fsp3) is 0.345. The van der Waals surface area contributed by atoms with Crippen LogP contribution in [0.2, 0.25) is 0 Å². The van der Waals surface area contributed by atoms with Crippen LogP contribution in [0.3, 0.4) is 0 Å². The molecule has 0 N–H and O–H groups in total. The molecule has 1 aromatic heterocycles. The van der Waals surface area contributed by atoms with Crippen LogP contribution >= 0.6 is 0 Å². The Morgan fingerprint density at radius 2 is 1.59 bits per heavy atom. The van der Waals surface area contributed by atoms with E-state index >= 15 is 0 Å². The van der Waals surface area contributed by atoms with Crippen LogP contribution < -0.4 is 4.90 Å². The van der Waals surface area contributed by atoms with E-state index in [-0.39, 0.29) is 36.6 Å². The van der Waals surface area contributed by atoms with E-state index in [1.807, 2.05) is 0 Å². The lowest BCUT2D eigenvalue weighted by atomic mass is 10.1. The van der Waals surface area contributed by atoms with Crippen molar-refractivity contribution in [3.8, 4) is 0 Å². The van der Waals surface area contributed by atoms with Crippen LogP contribution in [0.25, 0.3) is 0 Å². The summed E-state index contributed by atoms with van der Waals surface area (Å²) in [5, 5.41) is 0. The molecule has 3 aromatic rings. The number of anilines is 1. The Bertz CT molecular complexity index is 1220. The number of aromatic nitrogens is 1. The SMILES string of the molecule is CC(C)N1CCCN(C(=O)c2ccncc2)c2ccc(F)cc2CN(C(=O)Cc2ccc(F)cc2)CC1. The molecule has 1 aliphatic heterocycles. The van der Waals surface area contributed by atoms with E-state index in [1.54, 1.807) is 52.5 Å². The smallest absolute Gasteiger partial charge is 0.258 e. The van der Waals surface area contributed by atoms with E-state index in [2.05, 4.69) is 23.7 Å². The minimum absolute atomic E-state index is 0.103. The zero-order valence-corrected chi connectivity index (χ0v) is 21.2. The normalized spacial score (nSPS) is 15.3. The van der Waals surface area contributed by atoms with Crippen molar-refractivity contribution >= 4 is 17.5 Å². The summed E-state index contributed by atoms with van der Waals surface area (Å²) in [6.07, 6.45) is 3.96. The number of hydrogen-bond donors (Lipinski definition) is 0. The van der Waals surface area contributed by atoms with Gasteiger partial charge < -0.3 is 9.80 Å². The first-order valence-electron chi connectivity index (χ1n) is 12.6. The van der Waals surface area contributed by atoms with Crippen LogP contribution in [0.5, 0.6) is 0 Å². The third-order valence-corrected chi connectivity index (χ3v) is 6.70. The van der Waals surface area contributed by atoms with E-state index in [4.69, 9.17) is 0 Å². The maximum absolute atomic E-state index is 14.5. The molecule has 37 heavy (non-hydrogen) atoms. The number of fused-ring (bicyclic) bond motifs is 1. The van der Waals surface area contributed by atoms with Gasteiger partial charge in [-0.05, 0) is 73.9 Å². The van der Waals surface area contributed by atoms with Gasteiger partial charge in [-0.15, -0.1) is 0 Å². The minimum Gasteiger partial charge on any atom is -0.337 e. The highest BCUT2D eigenvalue weighted by Crippen LogP contribution is 2.27. The topological polar surface area (TPSA) is 56.8 Å². The first kappa shape index (κ1) is 26.4. The summed E-state index contributed by atoms with van der Waals surface area (Å²) in [4.78, 5) is 36.7. The third-order valence-electron chi connectivity index (χ3n) is 6.70. The average molecular weight is 507 g/mol. The van der Waals surface area contributed by atoms with Gasteiger partial charge in [0.05, 0.1) is 6.42 Å². The highest BCUT2D eigenvalue weighted by atomic mass is 19.1. The molecule has 8 heteroatoms. The third kappa shape index (κ3) is 6.77. The van der Waals surface area contributed by atoms with Crippen molar-refractivity contribution in [1.82, 2.24) is 14.8 Å². The highest BCUT2D eigenvalue weighted by Gasteiger charge is 2.25. The maximum Gasteiger partial charge on any atom is 0.258 e. The Balaban J connectivity index is 1.70. The van der Waals surface area contributed by atoms with Crippen molar-refractivity contribution in [3.05, 3.63) is 95.3 Å². The lowest BCUT2D eigenvalue weighted by Crippen LogP contribution is -2.41. The van der Waals surface area contributed by atoms with Gasteiger partial charge in [0.15, 0.2) is 0 Å². The van der Waals surface area contributed by atoms with Crippen LogP contribution in [0.15, 0.2) is 67.0 Å². The van der Waals surface area contributed by atoms with Crippen LogP contribution in [0.4, 0.5) is 14.5 Å². The second-order valence-corrected chi connectivity index (χ2v) is 9.57. The Hall–Kier alpha value is -3.65. The van der Waals surface area contributed by atoms with Gasteiger partial charge in [-0.3, -0.25) is 19.5 Å². The molecule has 0 aliphatic carbocycles. The molecule has 0 spiro atoms. The molecule has 0 bridgehead atoms. The predicted molar refractivity (Wildman–Crippen MR) is 139 cm³/mol. The van der Waals surface area contributed by atoms with Crippen LogP contribution in [0, 0.1) is 11.6 Å². The monoisotopic (exact) mass is 506 g/mol. The lowest BCUT2D eigenvalue weighted by molar-refractivity contribution is -0.131. The van der Waals surface area contributed by atoms with Crippen molar-refractivity contribution in [3.63, 3.8) is 0 Å². The fourth-order valence-electron chi connectivity index (χ4n) is 4.62. The lowest BCUT2D eigenvalue weighted by Gasteiger charge is -2.30. The Labute approximate surface area is 216 Å². The molecule has 0 unspecified atom stereocenters. The molecule has 2 amide bonds. The van der Waals surface area contributed by atoms with E-state index in [0.29, 0.717) is 42.0 Å². The number of benzene rings is 2. The molecular weight excluding hydrogens is 474 g/mol. The average Bonchev–Trinajstić information content (AvgIpc) is 2.92. The van der Waals surface area contributed by atoms with Crippen LogP contribution in [-0.4, -0.2) is 58.8 Å². The van der Waals surface area contributed by atoms with E-state index in [9.17, 15) is 18.4 Å². The number of carbonyl (C=O) groups excluding carboxylic acids is 2. The zero-order valence-electron chi connectivity index (χ0n) is 21.2. The molecule has 6 nitrogen and oxygen atoms in total. The fourth-order valence-corrected chi connectivity index (χ4v) is 4.62. The van der Waals surface area contributed by atoms with Gasteiger partial charge in [0, 0.05) is 62.4 Å². The Morgan fingerprint density at radius 1 is 0.892 bits per heavy atom. The van der Waals surface area contributed by atoms with E-state index in [0.717, 1.165) is 13.0 Å². The molecular formula is C29H32F2N4O2. The van der Waals surface area contributed by atoms with Crippen LogP contribution in [-0.2, 0) is 17.8 Å². The van der Waals surface area contributed by atoms with E-state index < -0.39 is 5.82 Å². The number of pyridine rings is 1. The van der Waals surface area contributed by atoms with Gasteiger partial charge in [-0.1, -0.05) is 12.1 Å². The molecule has 2 aromatic carbocycles. The van der Waals surface area contributed by atoms with Crippen molar-refractivity contribution in [1.29, 1.82) is 0 Å². The molecule has 0 saturated heterocycles. The second-order valence-electron chi connectivity index (χ2n) is 9.57. The minimum atomic E-state index is -0.431. The molecule has 0 radical (unpaired) electrons. The van der Waals surface area contributed by atoms with Crippen molar-refractivity contribution in [2.75, 3.05) is 31.1 Å². The van der Waals surface area contributed by atoms with Gasteiger partial charge in [0.25, 0.3) is 5.91 Å². The van der Waals surface area contributed by atoms with Gasteiger partial charge >= 0.3 is 0 Å². The van der Waals surface area contributed by atoms with Gasteiger partial charge in [0.1, 0.15) is 11.6 Å². The van der Waals surface area contributed by atoms with Crippen LogP contribution in [0.1, 0.15) is 41.8 Å². The summed E-state index contributed by atoms with van der Waals surface area (Å²) in [5.74, 6) is -1.13. The number of nitrogens with zero attached hydrogens (tertiary/aromatic N) is 4. The zero-order chi connectivity index (χ0) is 26.4. The molecule has 1 aliphatic rings.